The van der Waals surface area contributed by atoms with E-state index >= 15 is 0 Å². The molecule has 0 spiro atoms. The largest absolute Gasteiger partial charge is 0.478 e. The monoisotopic (exact) mass is 294 g/mol. The van der Waals surface area contributed by atoms with Crippen molar-refractivity contribution in [3.8, 4) is 0 Å². The van der Waals surface area contributed by atoms with Crippen LogP contribution in [0.15, 0.2) is 23.4 Å². The summed E-state index contributed by atoms with van der Waals surface area (Å²) in [5.41, 5.74) is 0.150. The molecule has 1 saturated carbocycles. The zero-order valence-corrected chi connectivity index (χ0v) is 12.2. The molecular formula is C14H18N2O3S. The van der Waals surface area contributed by atoms with Gasteiger partial charge in [-0.2, -0.15) is 0 Å². The Kier molecular flexibility index (Phi) is 5.00. The number of aromatic carboxylic acids is 1. The molecule has 1 unspecified atom stereocenters. The lowest BCUT2D eigenvalue weighted by Gasteiger charge is -2.16. The highest BCUT2D eigenvalue weighted by molar-refractivity contribution is 8.00. The fraction of sp³-hybridized carbons (Fsp3) is 0.500. The minimum absolute atomic E-state index is 0.0195. The molecule has 0 aromatic carbocycles. The summed E-state index contributed by atoms with van der Waals surface area (Å²) in [6, 6.07) is 3.44. The Morgan fingerprint density at radius 2 is 2.10 bits per heavy atom. The third-order valence-electron chi connectivity index (χ3n) is 3.35. The van der Waals surface area contributed by atoms with Crippen molar-refractivity contribution < 1.29 is 14.7 Å². The second-order valence-corrected chi connectivity index (χ2v) is 6.30. The first-order valence-electron chi connectivity index (χ1n) is 6.72. The Balaban J connectivity index is 1.87. The predicted molar refractivity (Wildman–Crippen MR) is 76.9 cm³/mol. The molecule has 0 saturated heterocycles. The maximum atomic E-state index is 12.0. The van der Waals surface area contributed by atoms with Crippen molar-refractivity contribution in [2.45, 2.75) is 48.9 Å². The summed E-state index contributed by atoms with van der Waals surface area (Å²) in [7, 11) is 0. The molecule has 1 atom stereocenters. The zero-order valence-electron chi connectivity index (χ0n) is 11.3. The molecule has 1 fully saturated rings. The number of carboxylic acids is 1. The topological polar surface area (TPSA) is 79.3 Å². The van der Waals surface area contributed by atoms with Gasteiger partial charge in [0.1, 0.15) is 0 Å². The van der Waals surface area contributed by atoms with Crippen molar-refractivity contribution in [2.75, 3.05) is 0 Å². The van der Waals surface area contributed by atoms with E-state index in [0.29, 0.717) is 11.1 Å². The van der Waals surface area contributed by atoms with Gasteiger partial charge in [-0.15, -0.1) is 0 Å². The Morgan fingerprint density at radius 1 is 1.40 bits per heavy atom. The molecule has 5 nitrogen and oxygen atoms in total. The standard InChI is InChI=1S/C14H18N2O3S/c1-9(13(17)16-11-4-2-3-5-11)20-12-7-6-10(8-15-12)14(18)19/h6-9,11H,2-5H2,1H3,(H,16,17)(H,18,19). The van der Waals surface area contributed by atoms with Crippen molar-refractivity contribution in [3.05, 3.63) is 23.9 Å². The van der Waals surface area contributed by atoms with Gasteiger partial charge < -0.3 is 10.4 Å². The van der Waals surface area contributed by atoms with Gasteiger partial charge in [0, 0.05) is 12.2 Å². The van der Waals surface area contributed by atoms with E-state index in [1.807, 2.05) is 6.92 Å². The highest BCUT2D eigenvalue weighted by Gasteiger charge is 2.21. The first-order chi connectivity index (χ1) is 9.56. The number of pyridine rings is 1. The number of nitrogens with zero attached hydrogens (tertiary/aromatic N) is 1. The minimum atomic E-state index is -0.999. The van der Waals surface area contributed by atoms with Crippen LogP contribution in [0.3, 0.4) is 0 Å². The Morgan fingerprint density at radius 3 is 2.65 bits per heavy atom. The molecule has 1 aliphatic rings. The number of rotatable bonds is 5. The van der Waals surface area contributed by atoms with Gasteiger partial charge in [0.25, 0.3) is 0 Å². The number of thioether (sulfide) groups is 1. The number of carbonyl (C=O) groups excluding carboxylic acids is 1. The summed E-state index contributed by atoms with van der Waals surface area (Å²) in [5.74, 6) is -0.980. The average molecular weight is 294 g/mol. The van der Waals surface area contributed by atoms with Gasteiger partial charge in [-0.05, 0) is 31.9 Å². The van der Waals surface area contributed by atoms with Crippen molar-refractivity contribution in [1.82, 2.24) is 10.3 Å². The van der Waals surface area contributed by atoms with E-state index in [4.69, 9.17) is 5.11 Å². The molecule has 0 radical (unpaired) electrons. The van der Waals surface area contributed by atoms with E-state index in [0.717, 1.165) is 12.8 Å². The number of hydrogen-bond acceptors (Lipinski definition) is 4. The van der Waals surface area contributed by atoms with Gasteiger partial charge in [-0.3, -0.25) is 4.79 Å². The number of carboxylic acid groups (broad SMARTS) is 1. The molecule has 108 valence electrons. The summed E-state index contributed by atoms with van der Waals surface area (Å²) in [6.07, 6.45) is 5.81. The molecular weight excluding hydrogens is 276 g/mol. The number of carbonyl (C=O) groups is 2. The average Bonchev–Trinajstić information content (AvgIpc) is 2.92. The highest BCUT2D eigenvalue weighted by Crippen LogP contribution is 2.23. The molecule has 0 aliphatic heterocycles. The third-order valence-corrected chi connectivity index (χ3v) is 4.40. The zero-order chi connectivity index (χ0) is 14.5. The van der Waals surface area contributed by atoms with E-state index in [9.17, 15) is 9.59 Å². The van der Waals surface area contributed by atoms with E-state index < -0.39 is 5.97 Å². The summed E-state index contributed by atoms with van der Waals surface area (Å²) in [5, 5.41) is 12.3. The Bertz CT molecular complexity index is 484. The van der Waals surface area contributed by atoms with E-state index in [-0.39, 0.29) is 16.7 Å². The molecule has 6 heteroatoms. The molecule has 20 heavy (non-hydrogen) atoms. The third kappa shape index (κ3) is 3.96. The maximum absolute atomic E-state index is 12.0. The Labute approximate surface area is 122 Å². The quantitative estimate of drug-likeness (QED) is 0.815. The van der Waals surface area contributed by atoms with E-state index in [2.05, 4.69) is 10.3 Å². The van der Waals surface area contributed by atoms with E-state index in [1.165, 1.54) is 36.9 Å². The lowest BCUT2D eigenvalue weighted by molar-refractivity contribution is -0.120. The van der Waals surface area contributed by atoms with Crippen LogP contribution in [0.1, 0.15) is 43.0 Å². The number of amides is 1. The van der Waals surface area contributed by atoms with Crippen LogP contribution in [0.25, 0.3) is 0 Å². The molecule has 1 amide bonds. The lowest BCUT2D eigenvalue weighted by atomic mass is 10.2. The van der Waals surface area contributed by atoms with Crippen LogP contribution in [-0.2, 0) is 4.79 Å². The van der Waals surface area contributed by atoms with Crippen molar-refractivity contribution in [1.29, 1.82) is 0 Å². The van der Waals surface area contributed by atoms with Gasteiger partial charge in [0.2, 0.25) is 5.91 Å². The smallest absolute Gasteiger partial charge is 0.337 e. The summed E-state index contributed by atoms with van der Waals surface area (Å²) >= 11 is 1.34. The Hall–Kier alpha value is -1.56. The van der Waals surface area contributed by atoms with Crippen LogP contribution in [0.4, 0.5) is 0 Å². The van der Waals surface area contributed by atoms with Gasteiger partial charge in [-0.25, -0.2) is 9.78 Å². The van der Waals surface area contributed by atoms with Crippen LogP contribution in [0.5, 0.6) is 0 Å². The van der Waals surface area contributed by atoms with Crippen LogP contribution in [0, 0.1) is 0 Å². The normalized spacial score (nSPS) is 16.9. The van der Waals surface area contributed by atoms with Gasteiger partial charge in [-0.1, -0.05) is 24.6 Å². The molecule has 2 N–H and O–H groups in total. The minimum Gasteiger partial charge on any atom is -0.478 e. The van der Waals surface area contributed by atoms with Gasteiger partial charge in [0.15, 0.2) is 0 Å². The summed E-state index contributed by atoms with van der Waals surface area (Å²) in [6.45, 7) is 1.84. The van der Waals surface area contributed by atoms with E-state index in [1.54, 1.807) is 6.07 Å². The number of hydrogen-bond donors (Lipinski definition) is 2. The van der Waals surface area contributed by atoms with Crippen molar-refractivity contribution in [3.63, 3.8) is 0 Å². The molecule has 1 heterocycles. The fourth-order valence-corrected chi connectivity index (χ4v) is 3.00. The SMILES string of the molecule is CC(Sc1ccc(C(=O)O)cn1)C(=O)NC1CCCC1. The summed E-state index contributed by atoms with van der Waals surface area (Å²) in [4.78, 5) is 26.8. The number of aromatic nitrogens is 1. The molecule has 1 aromatic heterocycles. The van der Waals surface area contributed by atoms with Crippen LogP contribution in [-0.4, -0.2) is 33.3 Å². The van der Waals surface area contributed by atoms with Crippen LogP contribution >= 0.6 is 11.8 Å². The maximum Gasteiger partial charge on any atom is 0.337 e. The van der Waals surface area contributed by atoms with Crippen molar-refractivity contribution >= 4 is 23.6 Å². The second-order valence-electron chi connectivity index (χ2n) is 4.94. The molecule has 0 bridgehead atoms. The molecule has 1 aliphatic carbocycles. The van der Waals surface area contributed by atoms with Gasteiger partial charge in [0.05, 0.1) is 15.8 Å². The van der Waals surface area contributed by atoms with Crippen LogP contribution < -0.4 is 5.32 Å². The van der Waals surface area contributed by atoms with Crippen LogP contribution in [0.2, 0.25) is 0 Å². The second kappa shape index (κ2) is 6.74. The summed E-state index contributed by atoms with van der Waals surface area (Å²) < 4.78 is 0. The van der Waals surface area contributed by atoms with Crippen molar-refractivity contribution in [2.24, 2.45) is 0 Å². The predicted octanol–water partition coefficient (Wildman–Crippen LogP) is 2.32. The molecule has 1 aromatic rings. The fourth-order valence-electron chi connectivity index (χ4n) is 2.20. The van der Waals surface area contributed by atoms with Gasteiger partial charge >= 0.3 is 5.97 Å². The highest BCUT2D eigenvalue weighted by atomic mass is 32.2. The lowest BCUT2D eigenvalue weighted by Crippen LogP contribution is -2.37. The number of nitrogens with one attached hydrogen (secondary N) is 1. The first kappa shape index (κ1) is 14.8. The first-order valence-corrected chi connectivity index (χ1v) is 7.60. The molecule has 2 rings (SSSR count).